The molecule has 11 heteroatoms. The number of amides is 1. The van der Waals surface area contributed by atoms with Crippen LogP contribution in [0.25, 0.3) is 0 Å². The number of benzene rings is 1. The second-order valence-corrected chi connectivity index (χ2v) is 10.4. The third kappa shape index (κ3) is 5.15. The number of carbonyl (C=O) groups excluding carboxylic acids is 1. The van der Waals surface area contributed by atoms with Crippen molar-refractivity contribution in [3.63, 3.8) is 0 Å². The lowest BCUT2D eigenvalue weighted by Crippen LogP contribution is -2.45. The van der Waals surface area contributed by atoms with Gasteiger partial charge in [0.15, 0.2) is 4.34 Å². The molecule has 2 rings (SSSR count). The number of nitrogens with one attached hydrogen (secondary N) is 1. The number of halogens is 1. The minimum atomic E-state index is -3.89. The minimum absolute atomic E-state index is 0.189. The first-order chi connectivity index (χ1) is 12.1. The maximum absolute atomic E-state index is 14.1. The third-order valence-corrected chi connectivity index (χ3v) is 6.31. The largest absolute Gasteiger partial charge is 0.299 e. The molecule has 0 fully saturated rings. The molecule has 0 radical (unpaired) electrons. The zero-order chi connectivity index (χ0) is 19.5. The quantitative estimate of drug-likeness (QED) is 0.549. The molecule has 0 aliphatic rings. The van der Waals surface area contributed by atoms with E-state index in [0.717, 1.165) is 16.6 Å². The molecule has 1 aromatic carbocycles. The van der Waals surface area contributed by atoms with Crippen molar-refractivity contribution in [3.05, 3.63) is 30.1 Å². The van der Waals surface area contributed by atoms with Gasteiger partial charge in [-0.1, -0.05) is 49.1 Å². The van der Waals surface area contributed by atoms with Crippen LogP contribution in [0.15, 0.2) is 28.6 Å². The van der Waals surface area contributed by atoms with Gasteiger partial charge in [-0.25, -0.2) is 12.8 Å². The van der Waals surface area contributed by atoms with Crippen LogP contribution in [0.3, 0.4) is 0 Å². The number of nitrogens with zero attached hydrogens (tertiary/aromatic N) is 3. The van der Waals surface area contributed by atoms with Crippen molar-refractivity contribution >= 4 is 49.8 Å². The van der Waals surface area contributed by atoms with Crippen molar-refractivity contribution in [2.24, 2.45) is 0 Å². The molecule has 0 unspecified atom stereocenters. The zero-order valence-corrected chi connectivity index (χ0v) is 17.1. The Morgan fingerprint density at radius 1 is 1.27 bits per heavy atom. The molecule has 1 atom stereocenters. The molecule has 26 heavy (non-hydrogen) atoms. The molecular formula is C15H19FN4O3S3. The van der Waals surface area contributed by atoms with Gasteiger partial charge in [0.25, 0.3) is 0 Å². The first-order valence-electron chi connectivity index (χ1n) is 7.64. The molecule has 142 valence electrons. The van der Waals surface area contributed by atoms with Crippen LogP contribution in [-0.2, 0) is 14.8 Å². The Morgan fingerprint density at radius 3 is 2.50 bits per heavy atom. The summed E-state index contributed by atoms with van der Waals surface area (Å²) in [6.07, 6.45) is 0.922. The molecule has 1 N–H and O–H groups in total. The van der Waals surface area contributed by atoms with E-state index in [2.05, 4.69) is 15.5 Å². The average Bonchev–Trinajstić information content (AvgIpc) is 2.94. The van der Waals surface area contributed by atoms with Gasteiger partial charge in [0.05, 0.1) is 11.9 Å². The van der Waals surface area contributed by atoms with Crippen molar-refractivity contribution in [1.29, 1.82) is 0 Å². The molecule has 0 aliphatic heterocycles. The second kappa shape index (κ2) is 8.31. The fourth-order valence-corrected chi connectivity index (χ4v) is 5.28. The van der Waals surface area contributed by atoms with Crippen LogP contribution in [0, 0.1) is 5.82 Å². The summed E-state index contributed by atoms with van der Waals surface area (Å²) < 4.78 is 39.8. The third-order valence-electron chi connectivity index (χ3n) is 3.15. The number of anilines is 2. The Bertz CT molecular complexity index is 886. The fraction of sp³-hybridized carbons (Fsp3) is 0.400. The highest BCUT2D eigenvalue weighted by atomic mass is 32.2. The Labute approximate surface area is 160 Å². The summed E-state index contributed by atoms with van der Waals surface area (Å²) in [7, 11) is -3.89. The van der Waals surface area contributed by atoms with Gasteiger partial charge in [0.1, 0.15) is 11.9 Å². The van der Waals surface area contributed by atoms with Crippen LogP contribution >= 0.6 is 23.1 Å². The molecule has 7 nitrogen and oxygen atoms in total. The lowest BCUT2D eigenvalue weighted by atomic mass is 10.2. The van der Waals surface area contributed by atoms with Crippen LogP contribution in [0.2, 0.25) is 0 Å². The molecule has 2 aromatic rings. The summed E-state index contributed by atoms with van der Waals surface area (Å²) >= 11 is 2.69. The SMILES string of the molecule is CC(C)Sc1nnc(NC(=O)[C@H](C)N(c2ccccc2F)S(C)(=O)=O)s1. The van der Waals surface area contributed by atoms with E-state index in [1.807, 2.05) is 13.8 Å². The number of hydrogen-bond acceptors (Lipinski definition) is 7. The Kier molecular flexibility index (Phi) is 6.58. The van der Waals surface area contributed by atoms with Gasteiger partial charge in [0, 0.05) is 5.25 Å². The zero-order valence-electron chi connectivity index (χ0n) is 14.6. The van der Waals surface area contributed by atoms with Crippen molar-refractivity contribution in [2.75, 3.05) is 15.9 Å². The van der Waals surface area contributed by atoms with Crippen molar-refractivity contribution in [2.45, 2.75) is 36.4 Å². The van der Waals surface area contributed by atoms with E-state index in [1.54, 1.807) is 0 Å². The molecule has 1 heterocycles. The first kappa shape index (κ1) is 20.6. The van der Waals surface area contributed by atoms with E-state index in [4.69, 9.17) is 0 Å². The molecule has 0 saturated heterocycles. The van der Waals surface area contributed by atoms with E-state index in [-0.39, 0.29) is 10.8 Å². The van der Waals surface area contributed by atoms with E-state index in [1.165, 1.54) is 48.2 Å². The van der Waals surface area contributed by atoms with Gasteiger partial charge < -0.3 is 0 Å². The summed E-state index contributed by atoms with van der Waals surface area (Å²) in [4.78, 5) is 12.5. The van der Waals surface area contributed by atoms with Crippen molar-refractivity contribution in [1.82, 2.24) is 10.2 Å². The maximum atomic E-state index is 14.1. The molecule has 0 bridgehead atoms. The number of rotatable bonds is 7. The topological polar surface area (TPSA) is 92.3 Å². The molecule has 0 saturated carbocycles. The summed E-state index contributed by atoms with van der Waals surface area (Å²) in [6, 6.07) is 4.22. The van der Waals surface area contributed by atoms with Crippen LogP contribution in [0.1, 0.15) is 20.8 Å². The molecule has 0 spiro atoms. The highest BCUT2D eigenvalue weighted by molar-refractivity contribution is 8.01. The highest BCUT2D eigenvalue weighted by Gasteiger charge is 2.31. The van der Waals surface area contributed by atoms with Crippen molar-refractivity contribution < 1.29 is 17.6 Å². The van der Waals surface area contributed by atoms with Gasteiger partial charge in [-0.05, 0) is 19.1 Å². The van der Waals surface area contributed by atoms with Gasteiger partial charge in [-0.15, -0.1) is 10.2 Å². The predicted molar refractivity (Wildman–Crippen MR) is 103 cm³/mol. The summed E-state index contributed by atoms with van der Waals surface area (Å²) in [5.41, 5.74) is -0.189. The number of sulfonamides is 1. The second-order valence-electron chi connectivity index (χ2n) is 5.72. The lowest BCUT2D eigenvalue weighted by molar-refractivity contribution is -0.116. The Hall–Kier alpha value is -1.72. The van der Waals surface area contributed by atoms with Crippen LogP contribution in [0.4, 0.5) is 15.2 Å². The molecular weight excluding hydrogens is 399 g/mol. The summed E-state index contributed by atoms with van der Waals surface area (Å²) in [5.74, 6) is -1.36. The standard InChI is InChI=1S/C15H19FN4O3S3/c1-9(2)24-15-19-18-14(25-15)17-13(21)10(3)20(26(4,22)23)12-8-6-5-7-11(12)16/h5-10H,1-4H3,(H,17,18,21)/t10-/m0/s1. The predicted octanol–water partition coefficient (Wildman–Crippen LogP) is 2.97. The van der Waals surface area contributed by atoms with Gasteiger partial charge >= 0.3 is 0 Å². The van der Waals surface area contributed by atoms with E-state index >= 15 is 0 Å². The number of thioether (sulfide) groups is 1. The maximum Gasteiger partial charge on any atom is 0.249 e. The van der Waals surface area contributed by atoms with E-state index in [9.17, 15) is 17.6 Å². The summed E-state index contributed by atoms with van der Waals surface area (Å²) in [6.45, 7) is 5.39. The Balaban J connectivity index is 2.23. The smallest absolute Gasteiger partial charge is 0.249 e. The Morgan fingerprint density at radius 2 is 1.92 bits per heavy atom. The molecule has 0 aliphatic carbocycles. The average molecular weight is 419 g/mol. The van der Waals surface area contributed by atoms with Crippen molar-refractivity contribution in [3.8, 4) is 0 Å². The number of aromatic nitrogens is 2. The number of hydrogen-bond donors (Lipinski definition) is 1. The van der Waals surface area contributed by atoms with Gasteiger partial charge in [-0.2, -0.15) is 0 Å². The normalized spacial score (nSPS) is 12.8. The lowest BCUT2D eigenvalue weighted by Gasteiger charge is -2.28. The van der Waals surface area contributed by atoms with Gasteiger partial charge in [0.2, 0.25) is 21.1 Å². The van der Waals surface area contributed by atoms with E-state index < -0.39 is 27.8 Å². The van der Waals surface area contributed by atoms with Crippen LogP contribution in [-0.4, -0.2) is 42.1 Å². The van der Waals surface area contributed by atoms with Crippen LogP contribution in [0.5, 0.6) is 0 Å². The monoisotopic (exact) mass is 418 g/mol. The van der Waals surface area contributed by atoms with E-state index in [0.29, 0.717) is 9.59 Å². The highest BCUT2D eigenvalue weighted by Crippen LogP contribution is 2.29. The number of para-hydroxylation sites is 1. The number of carbonyl (C=O) groups is 1. The molecule has 1 aromatic heterocycles. The minimum Gasteiger partial charge on any atom is -0.299 e. The summed E-state index contributed by atoms with van der Waals surface area (Å²) in [5, 5.41) is 10.9. The molecule has 1 amide bonds. The fourth-order valence-electron chi connectivity index (χ4n) is 2.13. The van der Waals surface area contributed by atoms with Gasteiger partial charge in [-0.3, -0.25) is 14.4 Å². The first-order valence-corrected chi connectivity index (χ1v) is 11.2. The van der Waals surface area contributed by atoms with Crippen LogP contribution < -0.4 is 9.62 Å².